The number of aromatic amines is 1. The molecule has 11 heteroatoms. The molecule has 5 unspecified atom stereocenters. The Morgan fingerprint density at radius 1 is 1.09 bits per heavy atom. The molecule has 3 heterocycles. The first-order valence-corrected chi connectivity index (χ1v) is 15.4. The van der Waals surface area contributed by atoms with Crippen LogP contribution in [0.2, 0.25) is 0 Å². The number of fused-ring (bicyclic) bond motifs is 1. The van der Waals surface area contributed by atoms with Gasteiger partial charge in [-0.2, -0.15) is 5.21 Å². The molecule has 0 amide bonds. The Hall–Kier alpha value is -4.54. The number of aromatic nitrogens is 6. The number of carboxylic acids is 1. The highest BCUT2D eigenvalue weighted by molar-refractivity contribution is 5.94. The molecule has 1 aliphatic heterocycles. The summed E-state index contributed by atoms with van der Waals surface area (Å²) in [6.07, 6.45) is 5.10. The van der Waals surface area contributed by atoms with Crippen molar-refractivity contribution >= 4 is 11.9 Å². The number of esters is 1. The van der Waals surface area contributed by atoms with Crippen LogP contribution in [0.15, 0.2) is 59.5 Å². The van der Waals surface area contributed by atoms with E-state index in [0.29, 0.717) is 43.5 Å². The van der Waals surface area contributed by atoms with Crippen LogP contribution >= 0.6 is 0 Å². The van der Waals surface area contributed by atoms with Crippen LogP contribution in [-0.2, 0) is 20.7 Å². The van der Waals surface area contributed by atoms with E-state index in [4.69, 9.17) is 4.74 Å². The van der Waals surface area contributed by atoms with Crippen LogP contribution in [0.1, 0.15) is 83.0 Å². The molecule has 0 aliphatic carbocycles. The van der Waals surface area contributed by atoms with E-state index >= 15 is 0 Å². The molecule has 11 nitrogen and oxygen atoms in total. The average Bonchev–Trinajstić information content (AvgIpc) is 3.67. The Morgan fingerprint density at radius 3 is 2.45 bits per heavy atom. The fourth-order valence-corrected chi connectivity index (χ4v) is 6.33. The van der Waals surface area contributed by atoms with Crippen molar-refractivity contribution in [2.75, 3.05) is 0 Å². The number of nitrogens with one attached hydrogen (secondary N) is 1. The minimum absolute atomic E-state index is 0.0642. The number of aliphatic carboxylic acids is 1. The summed E-state index contributed by atoms with van der Waals surface area (Å²) in [6, 6.07) is 15.5. The molecule has 0 saturated heterocycles. The maximum Gasteiger partial charge on any atom is 0.320 e. The summed E-state index contributed by atoms with van der Waals surface area (Å²) >= 11 is 0. The first-order chi connectivity index (χ1) is 21.2. The van der Waals surface area contributed by atoms with E-state index in [-0.39, 0.29) is 17.7 Å². The van der Waals surface area contributed by atoms with Gasteiger partial charge in [-0.25, -0.2) is 4.68 Å². The van der Waals surface area contributed by atoms with Gasteiger partial charge in [0.2, 0.25) is 5.82 Å². The minimum Gasteiger partial charge on any atom is -0.481 e. The predicted octanol–water partition coefficient (Wildman–Crippen LogP) is 5.44. The molecule has 44 heavy (non-hydrogen) atoms. The van der Waals surface area contributed by atoms with Crippen molar-refractivity contribution in [2.45, 2.75) is 84.4 Å². The summed E-state index contributed by atoms with van der Waals surface area (Å²) in [4.78, 5) is 39.6. The second kappa shape index (κ2) is 13.4. The number of hydrogen-bond acceptors (Lipinski definition) is 7. The van der Waals surface area contributed by atoms with Gasteiger partial charge in [-0.1, -0.05) is 68.8 Å². The Balaban J connectivity index is 1.44. The van der Waals surface area contributed by atoms with E-state index in [9.17, 15) is 19.5 Å². The Kier molecular flexibility index (Phi) is 9.41. The van der Waals surface area contributed by atoms with Crippen molar-refractivity contribution in [1.82, 2.24) is 30.0 Å². The number of carbonyl (C=O) groups excluding carboxylic acids is 1. The summed E-state index contributed by atoms with van der Waals surface area (Å²) in [5.74, 6) is -3.33. The number of carbonyl (C=O) groups is 2. The van der Waals surface area contributed by atoms with Gasteiger partial charge in [0.05, 0.1) is 12.1 Å². The molecule has 1 aliphatic rings. The van der Waals surface area contributed by atoms with Crippen LogP contribution in [0.4, 0.5) is 0 Å². The molecule has 0 fully saturated rings. The number of ether oxygens (including phenoxy) is 1. The van der Waals surface area contributed by atoms with Crippen molar-refractivity contribution in [3.63, 3.8) is 0 Å². The van der Waals surface area contributed by atoms with E-state index in [0.717, 1.165) is 28.7 Å². The summed E-state index contributed by atoms with van der Waals surface area (Å²) in [7, 11) is 0. The molecule has 0 radical (unpaired) electrons. The SMILES string of the molecule is CCCC(C(C(=O)O)C(=O)OC(C)CC)C1CCC(C)n2cc(Cc3ccc(-c4ccccc4-c4nn[nH]n4)cc3)c(=O)n21. The number of nitrogens with zero attached hydrogens (tertiary/aromatic N) is 5. The summed E-state index contributed by atoms with van der Waals surface area (Å²) in [5, 5.41) is 24.6. The molecular weight excluding hydrogens is 560 g/mol. The Labute approximate surface area is 256 Å². The number of benzene rings is 2. The summed E-state index contributed by atoms with van der Waals surface area (Å²) in [5.41, 5.74) is 4.28. The molecule has 0 bridgehead atoms. The van der Waals surface area contributed by atoms with Gasteiger partial charge >= 0.3 is 11.9 Å². The average molecular weight is 601 g/mol. The van der Waals surface area contributed by atoms with Crippen LogP contribution in [0.25, 0.3) is 22.5 Å². The number of carboxylic acid groups (broad SMARTS) is 1. The molecule has 4 aromatic rings. The molecule has 5 atom stereocenters. The van der Waals surface area contributed by atoms with E-state index < -0.39 is 29.8 Å². The smallest absolute Gasteiger partial charge is 0.320 e. The highest BCUT2D eigenvalue weighted by Gasteiger charge is 2.44. The van der Waals surface area contributed by atoms with E-state index in [2.05, 4.69) is 27.5 Å². The van der Waals surface area contributed by atoms with Gasteiger partial charge in [-0.3, -0.25) is 19.1 Å². The van der Waals surface area contributed by atoms with E-state index in [1.165, 1.54) is 0 Å². The Bertz CT molecular complexity index is 1640. The van der Waals surface area contributed by atoms with Crippen molar-refractivity contribution in [2.24, 2.45) is 11.8 Å². The molecule has 232 valence electrons. The summed E-state index contributed by atoms with van der Waals surface area (Å²) < 4.78 is 9.17. The van der Waals surface area contributed by atoms with Crippen molar-refractivity contribution in [3.8, 4) is 22.5 Å². The van der Waals surface area contributed by atoms with Gasteiger partial charge in [0, 0.05) is 35.7 Å². The van der Waals surface area contributed by atoms with Gasteiger partial charge in [0.1, 0.15) is 0 Å². The van der Waals surface area contributed by atoms with Crippen molar-refractivity contribution in [1.29, 1.82) is 0 Å². The molecule has 2 N–H and O–H groups in total. The number of tetrazole rings is 1. The largest absolute Gasteiger partial charge is 0.481 e. The minimum atomic E-state index is -1.34. The van der Waals surface area contributed by atoms with E-state index in [1.807, 2.05) is 73.3 Å². The number of H-pyrrole nitrogens is 1. The van der Waals surface area contributed by atoms with Gasteiger partial charge in [-0.05, 0) is 61.4 Å². The zero-order valence-corrected chi connectivity index (χ0v) is 25.6. The lowest BCUT2D eigenvalue weighted by Gasteiger charge is -2.38. The van der Waals surface area contributed by atoms with Gasteiger partial charge < -0.3 is 9.84 Å². The molecular formula is C33H40N6O5. The zero-order valence-electron chi connectivity index (χ0n) is 25.6. The molecule has 5 rings (SSSR count). The highest BCUT2D eigenvalue weighted by Crippen LogP contribution is 2.39. The van der Waals surface area contributed by atoms with Gasteiger partial charge in [0.25, 0.3) is 5.56 Å². The third-order valence-corrected chi connectivity index (χ3v) is 8.80. The van der Waals surface area contributed by atoms with E-state index in [1.54, 1.807) is 11.6 Å². The molecule has 0 saturated carbocycles. The van der Waals surface area contributed by atoms with Gasteiger partial charge in [0.15, 0.2) is 5.92 Å². The fraction of sp³-hybridized carbons (Fsp3) is 0.455. The van der Waals surface area contributed by atoms with Crippen LogP contribution < -0.4 is 5.56 Å². The third kappa shape index (κ3) is 6.22. The number of rotatable bonds is 12. The normalized spacial score (nSPS) is 18.3. The van der Waals surface area contributed by atoms with Crippen molar-refractivity contribution < 1.29 is 19.4 Å². The first kappa shape index (κ1) is 30.9. The lowest BCUT2D eigenvalue weighted by Crippen LogP contribution is -2.44. The first-order valence-electron chi connectivity index (χ1n) is 15.4. The molecule has 0 spiro atoms. The predicted molar refractivity (Wildman–Crippen MR) is 165 cm³/mol. The number of hydrogen-bond donors (Lipinski definition) is 2. The van der Waals surface area contributed by atoms with Gasteiger partial charge in [-0.15, -0.1) is 10.2 Å². The Morgan fingerprint density at radius 2 is 1.82 bits per heavy atom. The maximum atomic E-state index is 14.0. The standard InChI is InChI=1S/C33H40N6O5/c1-5-9-27(29(32(41)42)33(43)44-21(4)6-2)28-17-12-20(3)38-19-24(31(40)39(28)38)18-22-13-15-23(16-14-22)25-10-7-8-11-26(25)30-34-36-37-35-30/h7-8,10-11,13-16,19-21,27-29H,5-6,9,12,17-18H2,1-4H3,(H,41,42)(H,34,35,36,37). The highest BCUT2D eigenvalue weighted by atomic mass is 16.5. The van der Waals surface area contributed by atoms with Crippen molar-refractivity contribution in [3.05, 3.63) is 76.2 Å². The van der Waals surface area contributed by atoms with Crippen LogP contribution in [0, 0.1) is 11.8 Å². The molecule has 2 aromatic carbocycles. The van der Waals surface area contributed by atoms with Crippen LogP contribution in [0.5, 0.6) is 0 Å². The second-order valence-corrected chi connectivity index (χ2v) is 11.8. The lowest BCUT2D eigenvalue weighted by molar-refractivity contribution is -0.166. The third-order valence-electron chi connectivity index (χ3n) is 8.80. The summed E-state index contributed by atoms with van der Waals surface area (Å²) in [6.45, 7) is 7.67. The zero-order chi connectivity index (χ0) is 31.4. The monoisotopic (exact) mass is 600 g/mol. The van der Waals surface area contributed by atoms with Crippen LogP contribution in [-0.4, -0.2) is 53.1 Å². The maximum absolute atomic E-state index is 14.0. The van der Waals surface area contributed by atoms with Crippen LogP contribution in [0.3, 0.4) is 0 Å². The lowest BCUT2D eigenvalue weighted by atomic mass is 9.79. The molecule has 2 aromatic heterocycles. The quantitative estimate of drug-likeness (QED) is 0.161. The fourth-order valence-electron chi connectivity index (χ4n) is 6.33. The topological polar surface area (TPSA) is 145 Å². The second-order valence-electron chi connectivity index (χ2n) is 11.8.